The highest BCUT2D eigenvalue weighted by Crippen LogP contribution is 2.15. The summed E-state index contributed by atoms with van der Waals surface area (Å²) < 4.78 is 0. The van der Waals surface area contributed by atoms with Crippen molar-refractivity contribution in [3.8, 4) is 11.3 Å². The van der Waals surface area contributed by atoms with Gasteiger partial charge < -0.3 is 5.73 Å². The first-order valence-corrected chi connectivity index (χ1v) is 4.65. The zero-order chi connectivity index (χ0) is 10.7. The summed E-state index contributed by atoms with van der Waals surface area (Å²) in [6, 6.07) is 10.9. The molecule has 0 atom stereocenters. The maximum atomic E-state index is 10.8. The molecular formula is C11H11N3O. The summed E-state index contributed by atoms with van der Waals surface area (Å²) in [6.45, 7) is 0.527. The number of nitrogens with zero attached hydrogens (tertiary/aromatic N) is 1. The van der Waals surface area contributed by atoms with Gasteiger partial charge in [0.2, 0.25) is 0 Å². The van der Waals surface area contributed by atoms with E-state index in [2.05, 4.69) is 10.2 Å². The van der Waals surface area contributed by atoms with E-state index in [4.69, 9.17) is 5.73 Å². The highest BCUT2D eigenvalue weighted by molar-refractivity contribution is 5.58. The van der Waals surface area contributed by atoms with Crippen molar-refractivity contribution < 1.29 is 0 Å². The van der Waals surface area contributed by atoms with Gasteiger partial charge in [0.1, 0.15) is 0 Å². The standard InChI is InChI=1S/C11H11N3O/c12-7-8-1-3-9(4-2-8)10-5-6-11(15)14-13-10/h1-6H,7,12H2,(H,14,15). The Hall–Kier alpha value is -1.94. The lowest BCUT2D eigenvalue weighted by atomic mass is 10.1. The first-order chi connectivity index (χ1) is 7.29. The van der Waals surface area contributed by atoms with Crippen molar-refractivity contribution in [3.63, 3.8) is 0 Å². The van der Waals surface area contributed by atoms with Crippen LogP contribution in [0.15, 0.2) is 41.2 Å². The smallest absolute Gasteiger partial charge is 0.264 e. The summed E-state index contributed by atoms with van der Waals surface area (Å²) in [5, 5.41) is 6.33. The fourth-order valence-corrected chi connectivity index (χ4v) is 1.32. The van der Waals surface area contributed by atoms with Gasteiger partial charge in [-0.15, -0.1) is 0 Å². The molecule has 4 heteroatoms. The molecular weight excluding hydrogens is 190 g/mol. The van der Waals surface area contributed by atoms with Crippen LogP contribution in [0.5, 0.6) is 0 Å². The molecule has 0 unspecified atom stereocenters. The van der Waals surface area contributed by atoms with Crippen molar-refractivity contribution >= 4 is 0 Å². The largest absolute Gasteiger partial charge is 0.326 e. The molecule has 0 saturated heterocycles. The Labute approximate surface area is 86.8 Å². The van der Waals surface area contributed by atoms with Gasteiger partial charge in [-0.05, 0) is 11.6 Å². The third-order valence-electron chi connectivity index (χ3n) is 2.16. The van der Waals surface area contributed by atoms with Crippen LogP contribution in [-0.2, 0) is 6.54 Å². The lowest BCUT2D eigenvalue weighted by Gasteiger charge is -2.00. The van der Waals surface area contributed by atoms with Crippen LogP contribution in [-0.4, -0.2) is 10.2 Å². The van der Waals surface area contributed by atoms with Crippen molar-refractivity contribution in [2.75, 3.05) is 0 Å². The fourth-order valence-electron chi connectivity index (χ4n) is 1.32. The van der Waals surface area contributed by atoms with Crippen LogP contribution in [0.2, 0.25) is 0 Å². The predicted molar refractivity (Wildman–Crippen MR) is 58.2 cm³/mol. The van der Waals surface area contributed by atoms with Gasteiger partial charge in [-0.1, -0.05) is 24.3 Å². The molecule has 0 amide bonds. The molecule has 0 aliphatic carbocycles. The quantitative estimate of drug-likeness (QED) is 0.758. The van der Waals surface area contributed by atoms with Gasteiger partial charge in [-0.3, -0.25) is 4.79 Å². The number of H-pyrrole nitrogens is 1. The first kappa shape index (κ1) is 9.61. The molecule has 0 aliphatic rings. The van der Waals surface area contributed by atoms with E-state index in [0.29, 0.717) is 6.54 Å². The number of hydrogen-bond donors (Lipinski definition) is 2. The molecule has 1 aromatic carbocycles. The normalized spacial score (nSPS) is 10.2. The van der Waals surface area contributed by atoms with Crippen LogP contribution in [0.1, 0.15) is 5.56 Å². The number of benzene rings is 1. The molecule has 0 aliphatic heterocycles. The van der Waals surface area contributed by atoms with E-state index in [1.165, 1.54) is 6.07 Å². The molecule has 0 fully saturated rings. The number of nitrogens with two attached hydrogens (primary N) is 1. The number of nitrogens with one attached hydrogen (secondary N) is 1. The zero-order valence-corrected chi connectivity index (χ0v) is 8.10. The number of aromatic amines is 1. The van der Waals surface area contributed by atoms with Gasteiger partial charge in [0.25, 0.3) is 5.56 Å². The van der Waals surface area contributed by atoms with Gasteiger partial charge in [0.05, 0.1) is 5.69 Å². The van der Waals surface area contributed by atoms with Crippen molar-refractivity contribution in [2.45, 2.75) is 6.54 Å². The molecule has 0 radical (unpaired) electrons. The van der Waals surface area contributed by atoms with Crippen molar-refractivity contribution in [2.24, 2.45) is 5.73 Å². The monoisotopic (exact) mass is 201 g/mol. The van der Waals surface area contributed by atoms with E-state index in [9.17, 15) is 4.79 Å². The Morgan fingerprint density at radius 3 is 2.40 bits per heavy atom. The van der Waals surface area contributed by atoms with E-state index < -0.39 is 0 Å². The number of aromatic nitrogens is 2. The van der Waals surface area contributed by atoms with Crippen LogP contribution in [0.4, 0.5) is 0 Å². The van der Waals surface area contributed by atoms with E-state index in [0.717, 1.165) is 16.8 Å². The average Bonchev–Trinajstić information content (AvgIpc) is 2.30. The Balaban J connectivity index is 2.37. The minimum atomic E-state index is -0.197. The molecule has 4 nitrogen and oxygen atoms in total. The third kappa shape index (κ3) is 2.11. The first-order valence-electron chi connectivity index (χ1n) is 4.65. The van der Waals surface area contributed by atoms with Gasteiger partial charge in [0.15, 0.2) is 0 Å². The second kappa shape index (κ2) is 4.06. The molecule has 1 aromatic heterocycles. The number of rotatable bonds is 2. The topological polar surface area (TPSA) is 71.8 Å². The van der Waals surface area contributed by atoms with Crippen LogP contribution in [0, 0.1) is 0 Å². The maximum absolute atomic E-state index is 10.8. The minimum Gasteiger partial charge on any atom is -0.326 e. The molecule has 0 saturated carbocycles. The summed E-state index contributed by atoms with van der Waals surface area (Å²) in [6.07, 6.45) is 0. The second-order valence-electron chi connectivity index (χ2n) is 3.21. The van der Waals surface area contributed by atoms with Gasteiger partial charge >= 0.3 is 0 Å². The van der Waals surface area contributed by atoms with E-state index >= 15 is 0 Å². The summed E-state index contributed by atoms with van der Waals surface area (Å²) in [5.41, 5.74) is 8.08. The van der Waals surface area contributed by atoms with Crippen LogP contribution in [0.25, 0.3) is 11.3 Å². The van der Waals surface area contributed by atoms with Crippen LogP contribution in [0.3, 0.4) is 0 Å². The highest BCUT2D eigenvalue weighted by Gasteiger charge is 1.98. The van der Waals surface area contributed by atoms with Crippen molar-refractivity contribution in [1.82, 2.24) is 10.2 Å². The predicted octanol–water partition coefficient (Wildman–Crippen LogP) is 0.896. The molecule has 0 bridgehead atoms. The lowest BCUT2D eigenvalue weighted by Crippen LogP contribution is -2.05. The Kier molecular flexibility index (Phi) is 2.60. The Morgan fingerprint density at radius 2 is 1.87 bits per heavy atom. The summed E-state index contributed by atoms with van der Waals surface area (Å²) >= 11 is 0. The SMILES string of the molecule is NCc1ccc(-c2ccc(=O)[nH]n2)cc1. The number of hydrogen-bond acceptors (Lipinski definition) is 3. The fraction of sp³-hybridized carbons (Fsp3) is 0.0909. The van der Waals surface area contributed by atoms with Crippen molar-refractivity contribution in [1.29, 1.82) is 0 Å². The molecule has 15 heavy (non-hydrogen) atoms. The van der Waals surface area contributed by atoms with Gasteiger partial charge in [-0.2, -0.15) is 5.10 Å². The Morgan fingerprint density at radius 1 is 1.13 bits per heavy atom. The van der Waals surface area contributed by atoms with Crippen LogP contribution >= 0.6 is 0 Å². The molecule has 1 heterocycles. The van der Waals surface area contributed by atoms with Crippen molar-refractivity contribution in [3.05, 3.63) is 52.3 Å². The molecule has 3 N–H and O–H groups in total. The molecule has 0 spiro atoms. The highest BCUT2D eigenvalue weighted by atomic mass is 16.1. The Bertz CT molecular complexity index is 481. The van der Waals surface area contributed by atoms with E-state index in [1.54, 1.807) is 6.07 Å². The summed E-state index contributed by atoms with van der Waals surface area (Å²) in [5.74, 6) is 0. The van der Waals surface area contributed by atoms with Gasteiger partial charge in [-0.25, -0.2) is 5.10 Å². The third-order valence-corrected chi connectivity index (χ3v) is 2.16. The van der Waals surface area contributed by atoms with Gasteiger partial charge in [0, 0.05) is 18.2 Å². The average molecular weight is 201 g/mol. The molecule has 76 valence electrons. The molecule has 2 aromatic rings. The van der Waals surface area contributed by atoms with E-state index in [-0.39, 0.29) is 5.56 Å². The maximum Gasteiger partial charge on any atom is 0.264 e. The second-order valence-corrected chi connectivity index (χ2v) is 3.21. The minimum absolute atomic E-state index is 0.197. The lowest BCUT2D eigenvalue weighted by molar-refractivity contribution is 0.994. The zero-order valence-electron chi connectivity index (χ0n) is 8.10. The summed E-state index contributed by atoms with van der Waals surface area (Å²) in [7, 11) is 0. The molecule has 2 rings (SSSR count). The summed E-state index contributed by atoms with van der Waals surface area (Å²) in [4.78, 5) is 10.8. The van der Waals surface area contributed by atoms with Crippen LogP contribution < -0.4 is 11.3 Å². The van der Waals surface area contributed by atoms with E-state index in [1.807, 2.05) is 24.3 Å².